The lowest BCUT2D eigenvalue weighted by Gasteiger charge is -2.14. The zero-order valence-corrected chi connectivity index (χ0v) is 28.5. The van der Waals surface area contributed by atoms with Crippen LogP contribution in [0.25, 0.3) is 83.1 Å². The first-order valence-corrected chi connectivity index (χ1v) is 17.2. The van der Waals surface area contributed by atoms with Gasteiger partial charge in [-0.25, -0.2) is 4.98 Å². The molecule has 0 aliphatic heterocycles. The van der Waals surface area contributed by atoms with Crippen LogP contribution >= 0.6 is 0 Å². The topological polar surface area (TPSA) is 40.8 Å². The molecule has 0 N–H and O–H groups in total. The highest BCUT2D eigenvalue weighted by Crippen LogP contribution is 2.46. The summed E-state index contributed by atoms with van der Waals surface area (Å²) in [5.41, 5.74) is 12.8. The van der Waals surface area contributed by atoms with Crippen molar-refractivity contribution in [2.75, 3.05) is 7.11 Å². The van der Waals surface area contributed by atoms with E-state index in [4.69, 9.17) is 9.72 Å². The van der Waals surface area contributed by atoms with E-state index < -0.39 is 0 Å². The molecule has 4 aromatic heterocycles. The summed E-state index contributed by atoms with van der Waals surface area (Å²) in [5, 5.41) is 4.55. The fraction of sp³-hybridized carbons (Fsp3) is 0.0667. The average molecular weight is 660 g/mol. The van der Waals surface area contributed by atoms with Crippen molar-refractivity contribution in [3.63, 3.8) is 0 Å². The smallest absolute Gasteiger partial charge is 0.244 e. The van der Waals surface area contributed by atoms with Crippen LogP contribution < -0.4 is 9.30 Å². The lowest BCUT2D eigenvalue weighted by Crippen LogP contribution is -2.26. The van der Waals surface area contributed by atoms with E-state index in [0.29, 0.717) is 0 Å². The van der Waals surface area contributed by atoms with Gasteiger partial charge < -0.3 is 13.9 Å². The Morgan fingerprint density at radius 1 is 0.588 bits per heavy atom. The highest BCUT2D eigenvalue weighted by molar-refractivity contribution is 6.26. The highest BCUT2D eigenvalue weighted by Gasteiger charge is 2.25. The highest BCUT2D eigenvalue weighted by atomic mass is 16.5. The van der Waals surface area contributed by atoms with Gasteiger partial charge in [-0.1, -0.05) is 103 Å². The monoisotopic (exact) mass is 659 g/mol. The van der Waals surface area contributed by atoms with Crippen LogP contribution in [0.1, 0.15) is 5.56 Å². The molecule has 0 bridgehead atoms. The van der Waals surface area contributed by atoms with Crippen LogP contribution in [-0.2, 0) is 7.05 Å². The molecule has 0 saturated heterocycles. The predicted molar refractivity (Wildman–Crippen MR) is 206 cm³/mol. The molecule has 0 atom stereocenters. The Kier molecular flexibility index (Phi) is 6.42. The van der Waals surface area contributed by atoms with E-state index >= 15 is 0 Å². The molecule has 0 radical (unpaired) electrons. The molecule has 6 aromatic carbocycles. The Morgan fingerprint density at radius 3 is 1.82 bits per heavy atom. The van der Waals surface area contributed by atoms with Crippen LogP contribution in [0, 0.1) is 13.3 Å². The third kappa shape index (κ3) is 4.36. The van der Waals surface area contributed by atoms with Crippen LogP contribution in [0.15, 0.2) is 146 Å². The number of methoxy groups -OCH3 is 1. The van der Waals surface area contributed by atoms with E-state index in [9.17, 15) is 0 Å². The summed E-state index contributed by atoms with van der Waals surface area (Å²) in [7, 11) is 3.76. The minimum Gasteiger partial charge on any atom is -0.497 e. The summed E-state index contributed by atoms with van der Waals surface area (Å²) in [6.07, 6.45) is 3.54. The Morgan fingerprint density at radius 2 is 1.16 bits per heavy atom. The van der Waals surface area contributed by atoms with Gasteiger partial charge in [0.25, 0.3) is 0 Å². The second-order valence-corrected chi connectivity index (χ2v) is 13.2. The molecule has 244 valence electrons. The fourth-order valence-electron chi connectivity index (χ4n) is 7.92. The Bertz CT molecular complexity index is 2970. The summed E-state index contributed by atoms with van der Waals surface area (Å²) in [4.78, 5) is 5.69. The maximum absolute atomic E-state index is 5.69. The van der Waals surface area contributed by atoms with Gasteiger partial charge in [-0.3, -0.25) is 9.13 Å². The van der Waals surface area contributed by atoms with Crippen LogP contribution in [0.5, 0.6) is 5.75 Å². The zero-order chi connectivity index (χ0) is 34.2. The molecule has 0 amide bonds. The molecule has 4 heterocycles. The molecular formula is C45H33N5O. The first-order valence-electron chi connectivity index (χ1n) is 17.2. The minimum absolute atomic E-state index is 0.824. The second kappa shape index (κ2) is 11.2. The number of para-hydroxylation sites is 5. The van der Waals surface area contributed by atoms with E-state index in [-0.39, 0.29) is 0 Å². The van der Waals surface area contributed by atoms with E-state index in [1.54, 1.807) is 7.11 Å². The van der Waals surface area contributed by atoms with Gasteiger partial charge in [0.2, 0.25) is 6.33 Å². The number of hydrogen-bond acceptors (Lipinski definition) is 2. The van der Waals surface area contributed by atoms with Gasteiger partial charge in [-0.05, 0) is 61.0 Å². The molecule has 10 aromatic rings. The van der Waals surface area contributed by atoms with Crippen molar-refractivity contribution in [3.05, 3.63) is 157 Å². The quantitative estimate of drug-likeness (QED) is 0.136. The van der Waals surface area contributed by atoms with Crippen molar-refractivity contribution in [1.82, 2.24) is 18.7 Å². The van der Waals surface area contributed by atoms with Crippen molar-refractivity contribution in [1.29, 1.82) is 0 Å². The molecule has 10 rings (SSSR count). The van der Waals surface area contributed by atoms with Crippen LogP contribution in [0.3, 0.4) is 0 Å². The third-order valence-electron chi connectivity index (χ3n) is 10.1. The minimum atomic E-state index is 0.824. The van der Waals surface area contributed by atoms with E-state index in [0.717, 1.165) is 94.4 Å². The van der Waals surface area contributed by atoms with Gasteiger partial charge >= 0.3 is 0 Å². The van der Waals surface area contributed by atoms with Crippen molar-refractivity contribution in [2.24, 2.45) is 7.05 Å². The largest absolute Gasteiger partial charge is 0.497 e. The van der Waals surface area contributed by atoms with Crippen LogP contribution in [0.4, 0.5) is 0 Å². The summed E-state index contributed by atoms with van der Waals surface area (Å²) in [6.45, 7) is 2.16. The maximum Gasteiger partial charge on any atom is 0.244 e. The summed E-state index contributed by atoms with van der Waals surface area (Å²) < 4.78 is 14.5. The number of nitrogens with zero attached hydrogens (tertiary/aromatic N) is 5. The van der Waals surface area contributed by atoms with E-state index in [2.05, 4.69) is 165 Å². The van der Waals surface area contributed by atoms with Gasteiger partial charge in [-0.15, -0.1) is 0 Å². The number of imidazole rings is 1. The third-order valence-corrected chi connectivity index (χ3v) is 10.1. The molecule has 51 heavy (non-hydrogen) atoms. The molecule has 0 spiro atoms. The Labute approximate surface area is 294 Å². The Balaban J connectivity index is 1.38. The van der Waals surface area contributed by atoms with Crippen molar-refractivity contribution in [3.8, 4) is 33.9 Å². The molecule has 6 nitrogen and oxygen atoms in total. The van der Waals surface area contributed by atoms with E-state index in [1.807, 2.05) is 19.2 Å². The number of pyridine rings is 1. The first kappa shape index (κ1) is 29.3. The van der Waals surface area contributed by atoms with Crippen molar-refractivity contribution in [2.45, 2.75) is 6.92 Å². The van der Waals surface area contributed by atoms with Gasteiger partial charge in [0.05, 0.1) is 41.9 Å². The number of rotatable bonds is 5. The summed E-state index contributed by atoms with van der Waals surface area (Å²) >= 11 is 0. The van der Waals surface area contributed by atoms with Gasteiger partial charge in [0, 0.05) is 38.5 Å². The fourth-order valence-corrected chi connectivity index (χ4v) is 7.92. The maximum atomic E-state index is 5.69. The lowest BCUT2D eigenvalue weighted by atomic mass is 9.96. The zero-order valence-electron chi connectivity index (χ0n) is 28.5. The number of fused-ring (bicyclic) bond motifs is 7. The van der Waals surface area contributed by atoms with Gasteiger partial charge in [-0.2, -0.15) is 0 Å². The Hall–Kier alpha value is -6.66. The standard InChI is InChI=1S/C45H33N5O/c1-29-25-32(48-28-47(2)39-19-11-12-20-40(39)48)27-33(26-29)50-38-18-10-8-16-36(38)43-41(30-21-23-34(51-3)24-22-30)42-35-15-7-9-17-37(35)49(44(42)46-45(43)50)31-13-5-4-6-14-31/h4-27H,1-3H3. The van der Waals surface area contributed by atoms with Gasteiger partial charge in [0.1, 0.15) is 17.0 Å². The number of aryl methyl sites for hydroxylation is 2. The number of ether oxygens (including phenoxy) is 1. The molecular weight excluding hydrogens is 627 g/mol. The molecule has 0 unspecified atom stereocenters. The van der Waals surface area contributed by atoms with Crippen molar-refractivity contribution >= 4 is 54.9 Å². The number of hydrogen-bond donors (Lipinski definition) is 0. The molecule has 0 aliphatic carbocycles. The van der Waals surface area contributed by atoms with Crippen LogP contribution in [-0.4, -0.2) is 25.8 Å². The SMILES string of the molecule is COc1ccc(-c2c3c4ccccc4n(-c4ccccc4)c3nc3c2c2ccccc2n3-c2cc(C)cc(-n3[c-][n+](C)c4ccccc43)c2)cc1. The van der Waals surface area contributed by atoms with Gasteiger partial charge in [0.15, 0.2) is 0 Å². The number of benzene rings is 6. The summed E-state index contributed by atoms with van der Waals surface area (Å²) in [5.74, 6) is 0.824. The van der Waals surface area contributed by atoms with E-state index in [1.165, 1.54) is 0 Å². The van der Waals surface area contributed by atoms with Crippen molar-refractivity contribution < 1.29 is 9.30 Å². The second-order valence-electron chi connectivity index (χ2n) is 13.2. The molecule has 0 saturated carbocycles. The predicted octanol–water partition coefficient (Wildman–Crippen LogP) is 9.83. The molecule has 0 fully saturated rings. The van der Waals surface area contributed by atoms with Crippen LogP contribution in [0.2, 0.25) is 0 Å². The average Bonchev–Trinajstić information content (AvgIpc) is 3.81. The lowest BCUT2D eigenvalue weighted by molar-refractivity contribution is -0.649. The molecule has 0 aliphatic rings. The number of aromatic nitrogens is 5. The first-order chi connectivity index (χ1) is 25.1. The molecule has 6 heteroatoms. The normalized spacial score (nSPS) is 11.8. The summed E-state index contributed by atoms with van der Waals surface area (Å²) in [6, 6.07) is 51.5.